The van der Waals surface area contributed by atoms with E-state index in [0.717, 1.165) is 24.4 Å². The lowest BCUT2D eigenvalue weighted by Gasteiger charge is -2.36. The third kappa shape index (κ3) is 2.19. The van der Waals surface area contributed by atoms with Crippen LogP contribution >= 0.6 is 11.6 Å². The van der Waals surface area contributed by atoms with Crippen molar-refractivity contribution in [2.24, 2.45) is 10.9 Å². The van der Waals surface area contributed by atoms with Gasteiger partial charge in [-0.15, -0.1) is 0 Å². The number of carbonyl (C=O) groups is 1. The number of carbonyl (C=O) groups excluding carboxylic acids is 1. The van der Waals surface area contributed by atoms with Crippen molar-refractivity contribution in [1.29, 1.82) is 0 Å². The highest BCUT2D eigenvalue weighted by Crippen LogP contribution is 2.31. The molecule has 0 spiro atoms. The van der Waals surface area contributed by atoms with Crippen molar-refractivity contribution < 1.29 is 4.79 Å². The molecule has 1 aliphatic heterocycles. The van der Waals surface area contributed by atoms with Gasteiger partial charge in [0.1, 0.15) is 5.84 Å². The Bertz CT molecular complexity index is 562. The molecule has 0 bridgehead atoms. The van der Waals surface area contributed by atoms with Crippen LogP contribution in [-0.4, -0.2) is 17.8 Å². The molecule has 1 aliphatic carbocycles. The molecule has 0 N–H and O–H groups in total. The van der Waals surface area contributed by atoms with Crippen LogP contribution < -0.4 is 4.90 Å². The lowest BCUT2D eigenvalue weighted by atomic mass is 9.86. The van der Waals surface area contributed by atoms with Crippen LogP contribution in [0.15, 0.2) is 41.4 Å². The van der Waals surface area contributed by atoms with E-state index in [4.69, 9.17) is 11.6 Å². The van der Waals surface area contributed by atoms with Crippen molar-refractivity contribution in [3.63, 3.8) is 0 Å². The van der Waals surface area contributed by atoms with Gasteiger partial charge >= 0.3 is 0 Å². The molecule has 1 heterocycles. The summed E-state index contributed by atoms with van der Waals surface area (Å²) in [5.74, 6) is 0.887. The largest absolute Gasteiger partial charge is 0.274 e. The zero-order chi connectivity index (χ0) is 13.4. The maximum Gasteiger partial charge on any atom is 0.238 e. The van der Waals surface area contributed by atoms with Gasteiger partial charge in [0, 0.05) is 5.02 Å². The molecule has 0 fully saturated rings. The third-order valence-electron chi connectivity index (χ3n) is 3.70. The zero-order valence-electron chi connectivity index (χ0n) is 10.7. The first-order valence-electron chi connectivity index (χ1n) is 6.46. The average molecular weight is 275 g/mol. The van der Waals surface area contributed by atoms with Crippen LogP contribution in [0.4, 0.5) is 5.69 Å². The van der Waals surface area contributed by atoms with Gasteiger partial charge in [-0.05, 0) is 44.0 Å². The second-order valence-corrected chi connectivity index (χ2v) is 5.38. The number of aliphatic imine (C=N–C) groups is 1. The summed E-state index contributed by atoms with van der Waals surface area (Å²) in [6.45, 7) is 1.89. The van der Waals surface area contributed by atoms with Crippen LogP contribution in [0.5, 0.6) is 0 Å². The highest BCUT2D eigenvalue weighted by Gasteiger charge is 2.37. The Balaban J connectivity index is 1.98. The first kappa shape index (κ1) is 12.4. The minimum Gasteiger partial charge on any atom is -0.274 e. The molecule has 98 valence electrons. The number of allylic oxidation sites excluding steroid dienone is 1. The van der Waals surface area contributed by atoms with Crippen molar-refractivity contribution >= 4 is 29.0 Å². The topological polar surface area (TPSA) is 32.7 Å². The Morgan fingerprint density at radius 2 is 1.89 bits per heavy atom. The van der Waals surface area contributed by atoms with Gasteiger partial charge in [0.25, 0.3) is 0 Å². The molecule has 4 heteroatoms. The molecule has 0 aromatic heterocycles. The summed E-state index contributed by atoms with van der Waals surface area (Å²) >= 11 is 5.89. The van der Waals surface area contributed by atoms with Crippen molar-refractivity contribution in [2.45, 2.75) is 25.8 Å². The second-order valence-electron chi connectivity index (χ2n) is 4.94. The number of amides is 1. The molecule has 3 rings (SSSR count). The summed E-state index contributed by atoms with van der Waals surface area (Å²) in [5, 5.41) is 0.668. The first-order chi connectivity index (χ1) is 9.16. The third-order valence-corrected chi connectivity index (χ3v) is 3.95. The molecule has 3 nitrogen and oxygen atoms in total. The Labute approximate surface area is 117 Å². The Morgan fingerprint density at radius 3 is 2.63 bits per heavy atom. The zero-order valence-corrected chi connectivity index (χ0v) is 11.5. The van der Waals surface area contributed by atoms with E-state index in [2.05, 4.69) is 17.1 Å². The highest BCUT2D eigenvalue weighted by molar-refractivity contribution is 6.30. The molecule has 1 amide bonds. The fourth-order valence-electron chi connectivity index (χ4n) is 2.74. The van der Waals surface area contributed by atoms with Gasteiger partial charge in [-0.1, -0.05) is 23.8 Å². The molecule has 2 atom stereocenters. The minimum absolute atomic E-state index is 0.0237. The molecular formula is C15H15ClN2O. The van der Waals surface area contributed by atoms with E-state index in [1.54, 1.807) is 17.0 Å². The molecule has 1 aromatic carbocycles. The van der Waals surface area contributed by atoms with Crippen LogP contribution in [0.25, 0.3) is 0 Å². The van der Waals surface area contributed by atoms with E-state index in [1.807, 2.05) is 19.1 Å². The number of amidine groups is 1. The Hall–Kier alpha value is -1.61. The average Bonchev–Trinajstić information content (AvgIpc) is 2.41. The van der Waals surface area contributed by atoms with Gasteiger partial charge in [-0.25, -0.2) is 0 Å². The SMILES string of the molecule is CC1=N[C@H]2CC=CC[C@H]2C(=O)N1c1ccc(Cl)cc1. The first-order valence-corrected chi connectivity index (χ1v) is 6.83. The molecular weight excluding hydrogens is 260 g/mol. The normalized spacial score (nSPS) is 26.1. The fraction of sp³-hybridized carbons (Fsp3) is 0.333. The lowest BCUT2D eigenvalue weighted by molar-refractivity contribution is -0.122. The van der Waals surface area contributed by atoms with Crippen LogP contribution in [0.3, 0.4) is 0 Å². The van der Waals surface area contributed by atoms with E-state index in [1.165, 1.54) is 0 Å². The number of halogens is 1. The number of hydrogen-bond donors (Lipinski definition) is 0. The smallest absolute Gasteiger partial charge is 0.238 e. The highest BCUT2D eigenvalue weighted by atomic mass is 35.5. The predicted octanol–water partition coefficient (Wildman–Crippen LogP) is 3.44. The quantitative estimate of drug-likeness (QED) is 0.722. The van der Waals surface area contributed by atoms with Crippen LogP contribution in [-0.2, 0) is 4.79 Å². The molecule has 1 aromatic rings. The van der Waals surface area contributed by atoms with E-state index in [9.17, 15) is 4.79 Å². The van der Waals surface area contributed by atoms with Crippen molar-refractivity contribution in [1.82, 2.24) is 0 Å². The Morgan fingerprint density at radius 1 is 1.21 bits per heavy atom. The van der Waals surface area contributed by atoms with E-state index in [-0.39, 0.29) is 17.9 Å². The van der Waals surface area contributed by atoms with Crippen molar-refractivity contribution in [3.8, 4) is 0 Å². The second kappa shape index (κ2) is 4.82. The number of nitrogens with zero attached hydrogens (tertiary/aromatic N) is 2. The standard InChI is InChI=1S/C15H15ClN2O/c1-10-17-14-5-3-2-4-13(14)15(19)18(10)12-8-6-11(16)7-9-12/h2-3,6-9,13-14H,4-5H2,1H3/t13-,14+/m1/s1. The maximum atomic E-state index is 12.6. The summed E-state index contributed by atoms with van der Waals surface area (Å²) in [6.07, 6.45) is 5.84. The maximum absolute atomic E-state index is 12.6. The van der Waals surface area contributed by atoms with Crippen molar-refractivity contribution in [2.75, 3.05) is 4.90 Å². The van der Waals surface area contributed by atoms with Gasteiger partial charge < -0.3 is 0 Å². The number of anilines is 1. The monoisotopic (exact) mass is 274 g/mol. The molecule has 0 saturated carbocycles. The van der Waals surface area contributed by atoms with Crippen LogP contribution in [0, 0.1) is 5.92 Å². The van der Waals surface area contributed by atoms with E-state index < -0.39 is 0 Å². The van der Waals surface area contributed by atoms with E-state index >= 15 is 0 Å². The van der Waals surface area contributed by atoms with Crippen molar-refractivity contribution in [3.05, 3.63) is 41.4 Å². The minimum atomic E-state index is -0.0237. The molecule has 2 aliphatic rings. The number of fused-ring (bicyclic) bond motifs is 1. The van der Waals surface area contributed by atoms with Crippen LogP contribution in [0.1, 0.15) is 19.8 Å². The summed E-state index contributed by atoms with van der Waals surface area (Å²) in [4.78, 5) is 19.0. The summed E-state index contributed by atoms with van der Waals surface area (Å²) in [6, 6.07) is 7.42. The van der Waals surface area contributed by atoms with Crippen LogP contribution in [0.2, 0.25) is 5.02 Å². The van der Waals surface area contributed by atoms with Gasteiger partial charge in [0.15, 0.2) is 0 Å². The summed E-state index contributed by atoms with van der Waals surface area (Å²) < 4.78 is 0. The van der Waals surface area contributed by atoms with E-state index in [0.29, 0.717) is 5.02 Å². The molecule has 0 unspecified atom stereocenters. The molecule has 0 saturated heterocycles. The summed E-state index contributed by atoms with van der Waals surface area (Å²) in [7, 11) is 0. The number of rotatable bonds is 1. The number of hydrogen-bond acceptors (Lipinski definition) is 2. The Kier molecular flexibility index (Phi) is 3.15. The van der Waals surface area contributed by atoms with Gasteiger partial charge in [0.2, 0.25) is 5.91 Å². The number of benzene rings is 1. The predicted molar refractivity (Wildman–Crippen MR) is 77.7 cm³/mol. The molecule has 19 heavy (non-hydrogen) atoms. The van der Waals surface area contributed by atoms with Gasteiger partial charge in [-0.2, -0.15) is 0 Å². The van der Waals surface area contributed by atoms with Gasteiger partial charge in [-0.3, -0.25) is 14.7 Å². The molecule has 0 radical (unpaired) electrons. The lowest BCUT2D eigenvalue weighted by Crippen LogP contribution is -2.48. The summed E-state index contributed by atoms with van der Waals surface area (Å²) in [5.41, 5.74) is 0.837. The fourth-order valence-corrected chi connectivity index (χ4v) is 2.86. The van der Waals surface area contributed by atoms with Gasteiger partial charge in [0.05, 0.1) is 17.6 Å².